The van der Waals surface area contributed by atoms with Crippen molar-refractivity contribution in [1.82, 2.24) is 4.98 Å². The van der Waals surface area contributed by atoms with E-state index in [0.717, 1.165) is 36.7 Å². The molecule has 1 fully saturated rings. The molecule has 0 radical (unpaired) electrons. The van der Waals surface area contributed by atoms with Crippen LogP contribution in [-0.2, 0) is 0 Å². The number of nitrogens with zero attached hydrogens (tertiary/aromatic N) is 1. The molecule has 0 spiro atoms. The second kappa shape index (κ2) is 7.67. The SMILES string of the molecule is CCCNc1cncc(OC2CC(C)CCC2C(C)C)c1. The van der Waals surface area contributed by atoms with Crippen molar-refractivity contribution in [3.8, 4) is 5.75 Å². The van der Waals surface area contributed by atoms with Crippen LogP contribution in [0.15, 0.2) is 18.5 Å². The van der Waals surface area contributed by atoms with Gasteiger partial charge in [0.2, 0.25) is 0 Å². The van der Waals surface area contributed by atoms with Crippen molar-refractivity contribution in [2.75, 3.05) is 11.9 Å². The van der Waals surface area contributed by atoms with E-state index in [1.165, 1.54) is 12.8 Å². The molecule has 3 heteroatoms. The number of aromatic nitrogens is 1. The summed E-state index contributed by atoms with van der Waals surface area (Å²) in [4.78, 5) is 4.30. The van der Waals surface area contributed by atoms with E-state index in [2.05, 4.69) is 44.1 Å². The van der Waals surface area contributed by atoms with Gasteiger partial charge in [0.05, 0.1) is 18.1 Å². The van der Waals surface area contributed by atoms with Crippen LogP contribution < -0.4 is 10.1 Å². The molecule has 1 N–H and O–H groups in total. The summed E-state index contributed by atoms with van der Waals surface area (Å²) in [5.41, 5.74) is 1.05. The first-order valence-corrected chi connectivity index (χ1v) is 8.45. The molecule has 2 rings (SSSR count). The Morgan fingerprint density at radius 3 is 2.86 bits per heavy atom. The molecule has 0 aromatic carbocycles. The van der Waals surface area contributed by atoms with Crippen molar-refractivity contribution >= 4 is 5.69 Å². The quantitative estimate of drug-likeness (QED) is 0.821. The summed E-state index contributed by atoms with van der Waals surface area (Å²) < 4.78 is 6.32. The number of ether oxygens (including phenoxy) is 1. The highest BCUT2D eigenvalue weighted by Gasteiger charge is 2.32. The zero-order valence-corrected chi connectivity index (χ0v) is 13.9. The highest BCUT2D eigenvalue weighted by atomic mass is 16.5. The number of anilines is 1. The van der Waals surface area contributed by atoms with Gasteiger partial charge in [-0.1, -0.05) is 34.1 Å². The Kier molecular flexibility index (Phi) is 5.89. The van der Waals surface area contributed by atoms with E-state index in [1.54, 1.807) is 0 Å². The molecular weight excluding hydrogens is 260 g/mol. The van der Waals surface area contributed by atoms with E-state index in [-0.39, 0.29) is 0 Å². The predicted octanol–water partition coefficient (Wildman–Crippen LogP) is 4.74. The van der Waals surface area contributed by atoms with E-state index >= 15 is 0 Å². The van der Waals surface area contributed by atoms with E-state index < -0.39 is 0 Å². The maximum atomic E-state index is 6.32. The van der Waals surface area contributed by atoms with Gasteiger partial charge in [-0.05, 0) is 37.0 Å². The number of rotatable bonds is 6. The van der Waals surface area contributed by atoms with Crippen molar-refractivity contribution in [2.24, 2.45) is 17.8 Å². The summed E-state index contributed by atoms with van der Waals surface area (Å²) >= 11 is 0. The van der Waals surface area contributed by atoms with E-state index in [4.69, 9.17) is 4.74 Å². The highest BCUT2D eigenvalue weighted by molar-refractivity contribution is 5.45. The third-order valence-corrected chi connectivity index (χ3v) is 4.54. The van der Waals surface area contributed by atoms with Gasteiger partial charge in [0.1, 0.15) is 11.9 Å². The van der Waals surface area contributed by atoms with Crippen LogP contribution >= 0.6 is 0 Å². The first kappa shape index (κ1) is 16.1. The van der Waals surface area contributed by atoms with E-state index in [1.807, 2.05) is 12.4 Å². The fourth-order valence-corrected chi connectivity index (χ4v) is 3.27. The Morgan fingerprint density at radius 2 is 2.14 bits per heavy atom. The molecule has 0 bridgehead atoms. The maximum Gasteiger partial charge on any atom is 0.140 e. The fraction of sp³-hybridized carbons (Fsp3) is 0.722. The average Bonchev–Trinajstić information content (AvgIpc) is 2.45. The van der Waals surface area contributed by atoms with Crippen LogP contribution in [0.2, 0.25) is 0 Å². The minimum atomic E-state index is 0.331. The zero-order chi connectivity index (χ0) is 15.2. The topological polar surface area (TPSA) is 34.2 Å². The van der Waals surface area contributed by atoms with Crippen LogP contribution in [0.5, 0.6) is 5.75 Å². The molecule has 118 valence electrons. The van der Waals surface area contributed by atoms with Gasteiger partial charge in [0, 0.05) is 12.6 Å². The molecule has 0 aliphatic heterocycles. The molecule has 1 aliphatic rings. The zero-order valence-electron chi connectivity index (χ0n) is 13.9. The lowest BCUT2D eigenvalue weighted by atomic mass is 9.75. The molecule has 1 aromatic heterocycles. The molecule has 3 nitrogen and oxygen atoms in total. The molecule has 1 heterocycles. The van der Waals surface area contributed by atoms with E-state index in [9.17, 15) is 0 Å². The molecule has 21 heavy (non-hydrogen) atoms. The molecule has 0 amide bonds. The summed E-state index contributed by atoms with van der Waals surface area (Å²) in [7, 11) is 0. The largest absolute Gasteiger partial charge is 0.488 e. The van der Waals surface area contributed by atoms with Gasteiger partial charge in [-0.3, -0.25) is 4.98 Å². The summed E-state index contributed by atoms with van der Waals surface area (Å²) in [6.07, 6.45) is 8.93. The normalized spacial score (nSPS) is 25.9. The first-order chi connectivity index (χ1) is 10.1. The molecule has 0 saturated heterocycles. The third-order valence-electron chi connectivity index (χ3n) is 4.54. The summed E-state index contributed by atoms with van der Waals surface area (Å²) in [5.74, 6) is 3.01. The second-order valence-corrected chi connectivity index (χ2v) is 6.82. The number of nitrogens with one attached hydrogen (secondary N) is 1. The van der Waals surface area contributed by atoms with Gasteiger partial charge in [0.25, 0.3) is 0 Å². The molecule has 1 aliphatic carbocycles. The van der Waals surface area contributed by atoms with Crippen molar-refractivity contribution in [3.63, 3.8) is 0 Å². The van der Waals surface area contributed by atoms with Crippen LogP contribution in [0.25, 0.3) is 0 Å². The Morgan fingerprint density at radius 1 is 1.33 bits per heavy atom. The number of hydrogen-bond acceptors (Lipinski definition) is 3. The van der Waals surface area contributed by atoms with Crippen molar-refractivity contribution in [3.05, 3.63) is 18.5 Å². The Bertz CT molecular complexity index is 433. The van der Waals surface area contributed by atoms with Crippen molar-refractivity contribution in [1.29, 1.82) is 0 Å². The van der Waals surface area contributed by atoms with Crippen LogP contribution in [0.3, 0.4) is 0 Å². The minimum Gasteiger partial charge on any atom is -0.488 e. The summed E-state index contributed by atoms with van der Waals surface area (Å²) in [5, 5.41) is 3.37. The first-order valence-electron chi connectivity index (χ1n) is 8.45. The Hall–Kier alpha value is -1.25. The minimum absolute atomic E-state index is 0.331. The summed E-state index contributed by atoms with van der Waals surface area (Å²) in [6, 6.07) is 2.08. The van der Waals surface area contributed by atoms with Gasteiger partial charge in [-0.2, -0.15) is 0 Å². The van der Waals surface area contributed by atoms with Crippen LogP contribution in [0, 0.1) is 17.8 Å². The van der Waals surface area contributed by atoms with Crippen LogP contribution in [0.1, 0.15) is 53.4 Å². The predicted molar refractivity (Wildman–Crippen MR) is 88.8 cm³/mol. The Balaban J connectivity index is 2.04. The van der Waals surface area contributed by atoms with Gasteiger partial charge in [-0.25, -0.2) is 0 Å². The second-order valence-electron chi connectivity index (χ2n) is 6.82. The summed E-state index contributed by atoms with van der Waals surface area (Å²) in [6.45, 7) is 10.1. The van der Waals surface area contributed by atoms with Gasteiger partial charge < -0.3 is 10.1 Å². The maximum absolute atomic E-state index is 6.32. The molecule has 3 unspecified atom stereocenters. The Labute approximate surface area is 129 Å². The standard InChI is InChI=1S/C18H30N2O/c1-5-8-20-15-10-16(12-19-11-15)21-18-9-14(4)6-7-17(18)13(2)3/h10-14,17-18,20H,5-9H2,1-4H3. The van der Waals surface area contributed by atoms with Gasteiger partial charge >= 0.3 is 0 Å². The molecule has 1 aromatic rings. The average molecular weight is 290 g/mol. The number of hydrogen-bond donors (Lipinski definition) is 1. The van der Waals surface area contributed by atoms with Gasteiger partial charge in [0.15, 0.2) is 0 Å². The monoisotopic (exact) mass is 290 g/mol. The molecular formula is C18H30N2O. The lowest BCUT2D eigenvalue weighted by Crippen LogP contribution is -2.36. The van der Waals surface area contributed by atoms with Gasteiger partial charge in [-0.15, -0.1) is 0 Å². The van der Waals surface area contributed by atoms with Crippen molar-refractivity contribution < 1.29 is 4.74 Å². The smallest absolute Gasteiger partial charge is 0.140 e. The van der Waals surface area contributed by atoms with Crippen LogP contribution in [0.4, 0.5) is 5.69 Å². The van der Waals surface area contributed by atoms with Crippen LogP contribution in [-0.4, -0.2) is 17.6 Å². The van der Waals surface area contributed by atoms with Crippen molar-refractivity contribution in [2.45, 2.75) is 59.5 Å². The fourth-order valence-electron chi connectivity index (χ4n) is 3.27. The lowest BCUT2D eigenvalue weighted by molar-refractivity contribution is 0.0458. The third kappa shape index (κ3) is 4.62. The van der Waals surface area contributed by atoms with E-state index in [0.29, 0.717) is 17.9 Å². The number of pyridine rings is 1. The lowest BCUT2D eigenvalue weighted by Gasteiger charge is -2.37. The molecule has 3 atom stereocenters. The molecule has 1 saturated carbocycles. The highest BCUT2D eigenvalue weighted by Crippen LogP contribution is 2.36.